The molecule has 0 aromatic heterocycles. The molecule has 1 saturated heterocycles. The molecule has 6 nitrogen and oxygen atoms in total. The summed E-state index contributed by atoms with van der Waals surface area (Å²) in [5, 5.41) is 4.71. The Kier molecular flexibility index (Phi) is 5.62. The van der Waals surface area contributed by atoms with Crippen molar-refractivity contribution in [1.29, 1.82) is 0 Å². The highest BCUT2D eigenvalue weighted by Gasteiger charge is 2.36. The van der Waals surface area contributed by atoms with Crippen LogP contribution in [0.2, 0.25) is 0 Å². The number of carbonyl (C=O) groups is 3. The van der Waals surface area contributed by atoms with Crippen molar-refractivity contribution < 1.29 is 27.6 Å². The fourth-order valence-electron chi connectivity index (χ4n) is 2.88. The molecule has 3 amide bonds. The van der Waals surface area contributed by atoms with Gasteiger partial charge in [-0.1, -0.05) is 12.1 Å². The molecule has 2 aromatic rings. The summed E-state index contributed by atoms with van der Waals surface area (Å²) in [4.78, 5) is 37.4. The number of carbonyl (C=O) groups excluding carboxylic acids is 3. The molecule has 1 atom stereocenters. The number of halogens is 3. The Labute approximate surface area is 158 Å². The Morgan fingerprint density at radius 2 is 1.79 bits per heavy atom. The molecular formula is C19H16F3N3O3. The number of nitrogens with one attached hydrogen (secondary N) is 2. The second-order valence-electron chi connectivity index (χ2n) is 6.25. The minimum Gasteiger partial charge on any atom is -0.347 e. The molecule has 28 heavy (non-hydrogen) atoms. The zero-order valence-corrected chi connectivity index (χ0v) is 14.5. The Bertz CT molecular complexity index is 936. The Morgan fingerprint density at radius 3 is 2.50 bits per heavy atom. The number of nitrogens with zero attached hydrogens (tertiary/aromatic N) is 1. The molecule has 3 rings (SSSR count). The predicted octanol–water partition coefficient (Wildman–Crippen LogP) is 2.21. The van der Waals surface area contributed by atoms with Gasteiger partial charge in [0.05, 0.1) is 18.2 Å². The molecule has 1 fully saturated rings. The van der Waals surface area contributed by atoms with Gasteiger partial charge in [0.15, 0.2) is 11.6 Å². The van der Waals surface area contributed by atoms with Crippen LogP contribution in [0.1, 0.15) is 6.42 Å². The zero-order chi connectivity index (χ0) is 20.3. The third-order valence-electron chi connectivity index (χ3n) is 4.27. The SMILES string of the molecule is O=C(CNC(=O)[C@H]1CC(=O)N(c2ccccc2F)C1)Nc1ccc(F)c(F)c1. The number of benzene rings is 2. The minimum absolute atomic E-state index is 0.00358. The highest BCUT2D eigenvalue weighted by Crippen LogP contribution is 2.27. The van der Waals surface area contributed by atoms with Crippen molar-refractivity contribution in [1.82, 2.24) is 5.32 Å². The molecule has 2 aromatic carbocycles. The monoisotopic (exact) mass is 391 g/mol. The predicted molar refractivity (Wildman–Crippen MR) is 94.9 cm³/mol. The summed E-state index contributed by atoms with van der Waals surface area (Å²) in [5.41, 5.74) is 0.138. The number of anilines is 2. The summed E-state index contributed by atoms with van der Waals surface area (Å²) in [6.07, 6.45) is -0.106. The van der Waals surface area contributed by atoms with E-state index in [9.17, 15) is 27.6 Å². The van der Waals surface area contributed by atoms with E-state index < -0.39 is 47.6 Å². The second-order valence-corrected chi connectivity index (χ2v) is 6.25. The van der Waals surface area contributed by atoms with Crippen LogP contribution in [0, 0.1) is 23.4 Å². The van der Waals surface area contributed by atoms with Crippen LogP contribution in [0.25, 0.3) is 0 Å². The summed E-state index contributed by atoms with van der Waals surface area (Å²) in [7, 11) is 0. The maximum atomic E-state index is 13.9. The van der Waals surface area contributed by atoms with Gasteiger partial charge in [-0.15, -0.1) is 0 Å². The van der Waals surface area contributed by atoms with Crippen molar-refractivity contribution in [2.45, 2.75) is 6.42 Å². The van der Waals surface area contributed by atoms with Gasteiger partial charge >= 0.3 is 0 Å². The summed E-state index contributed by atoms with van der Waals surface area (Å²) in [6, 6.07) is 8.61. The topological polar surface area (TPSA) is 78.5 Å². The summed E-state index contributed by atoms with van der Waals surface area (Å²) < 4.78 is 39.9. The first-order valence-corrected chi connectivity index (χ1v) is 8.42. The van der Waals surface area contributed by atoms with Crippen LogP contribution in [0.15, 0.2) is 42.5 Å². The smallest absolute Gasteiger partial charge is 0.243 e. The summed E-state index contributed by atoms with van der Waals surface area (Å²) in [6.45, 7) is -0.418. The summed E-state index contributed by atoms with van der Waals surface area (Å²) >= 11 is 0. The maximum Gasteiger partial charge on any atom is 0.243 e. The average molecular weight is 391 g/mol. The van der Waals surface area contributed by atoms with Gasteiger partial charge in [-0.25, -0.2) is 13.2 Å². The Hall–Kier alpha value is -3.36. The van der Waals surface area contributed by atoms with E-state index in [4.69, 9.17) is 0 Å². The van der Waals surface area contributed by atoms with Gasteiger partial charge in [0.25, 0.3) is 0 Å². The number of amides is 3. The third kappa shape index (κ3) is 4.30. The standard InChI is InChI=1S/C19H16F3N3O3/c20-13-6-5-12(8-15(13)22)24-17(26)9-23-19(28)11-7-18(27)25(10-11)16-4-2-1-3-14(16)21/h1-6,8,11H,7,9-10H2,(H,23,28)(H,24,26)/t11-/m0/s1. The zero-order valence-electron chi connectivity index (χ0n) is 14.5. The quantitative estimate of drug-likeness (QED) is 0.820. The number of rotatable bonds is 5. The van der Waals surface area contributed by atoms with E-state index in [1.54, 1.807) is 6.07 Å². The fraction of sp³-hybridized carbons (Fsp3) is 0.211. The van der Waals surface area contributed by atoms with E-state index in [0.717, 1.165) is 12.1 Å². The lowest BCUT2D eigenvalue weighted by atomic mass is 10.1. The van der Waals surface area contributed by atoms with Crippen LogP contribution < -0.4 is 15.5 Å². The van der Waals surface area contributed by atoms with Crippen molar-refractivity contribution in [3.63, 3.8) is 0 Å². The molecular weight excluding hydrogens is 375 g/mol. The first kappa shape index (κ1) is 19.4. The molecule has 0 aliphatic carbocycles. The number of hydrogen-bond acceptors (Lipinski definition) is 3. The van der Waals surface area contributed by atoms with Crippen LogP contribution in [0.4, 0.5) is 24.5 Å². The Balaban J connectivity index is 1.54. The molecule has 0 bridgehead atoms. The highest BCUT2D eigenvalue weighted by molar-refractivity contribution is 6.01. The molecule has 0 saturated carbocycles. The molecule has 2 N–H and O–H groups in total. The van der Waals surface area contributed by atoms with Gasteiger partial charge in [-0.2, -0.15) is 0 Å². The molecule has 0 radical (unpaired) electrons. The van der Waals surface area contributed by atoms with Gasteiger partial charge in [0.1, 0.15) is 5.82 Å². The number of para-hydroxylation sites is 1. The first-order valence-electron chi connectivity index (χ1n) is 8.42. The first-order chi connectivity index (χ1) is 13.3. The van der Waals surface area contributed by atoms with Gasteiger partial charge in [0, 0.05) is 24.7 Å². The van der Waals surface area contributed by atoms with E-state index in [2.05, 4.69) is 10.6 Å². The maximum absolute atomic E-state index is 13.9. The van der Waals surface area contributed by atoms with Crippen LogP contribution in [-0.2, 0) is 14.4 Å². The average Bonchev–Trinajstić information content (AvgIpc) is 3.05. The van der Waals surface area contributed by atoms with Crippen molar-refractivity contribution in [2.75, 3.05) is 23.3 Å². The van der Waals surface area contributed by atoms with E-state index in [0.29, 0.717) is 0 Å². The second kappa shape index (κ2) is 8.12. The van der Waals surface area contributed by atoms with Crippen LogP contribution in [0.3, 0.4) is 0 Å². The molecule has 0 spiro atoms. The molecule has 146 valence electrons. The normalized spacial score (nSPS) is 16.2. The molecule has 9 heteroatoms. The third-order valence-corrected chi connectivity index (χ3v) is 4.27. The molecule has 0 unspecified atom stereocenters. The van der Waals surface area contributed by atoms with E-state index in [-0.39, 0.29) is 24.3 Å². The lowest BCUT2D eigenvalue weighted by molar-refractivity contribution is -0.127. The van der Waals surface area contributed by atoms with E-state index in [1.165, 1.54) is 29.2 Å². The molecule has 1 heterocycles. The van der Waals surface area contributed by atoms with E-state index >= 15 is 0 Å². The lowest BCUT2D eigenvalue weighted by Gasteiger charge is -2.17. The van der Waals surface area contributed by atoms with Crippen molar-refractivity contribution in [3.05, 3.63) is 59.9 Å². The fourth-order valence-corrected chi connectivity index (χ4v) is 2.88. The summed E-state index contributed by atoms with van der Waals surface area (Å²) in [5.74, 6) is -5.03. The molecule has 1 aliphatic rings. The van der Waals surface area contributed by atoms with Gasteiger partial charge < -0.3 is 15.5 Å². The molecule has 1 aliphatic heterocycles. The van der Waals surface area contributed by atoms with Gasteiger partial charge in [-0.3, -0.25) is 14.4 Å². The van der Waals surface area contributed by atoms with Crippen molar-refractivity contribution >= 4 is 29.1 Å². The van der Waals surface area contributed by atoms with Crippen LogP contribution >= 0.6 is 0 Å². The van der Waals surface area contributed by atoms with Crippen LogP contribution in [0.5, 0.6) is 0 Å². The Morgan fingerprint density at radius 1 is 1.04 bits per heavy atom. The lowest BCUT2D eigenvalue weighted by Crippen LogP contribution is -2.38. The van der Waals surface area contributed by atoms with E-state index in [1.807, 2.05) is 0 Å². The van der Waals surface area contributed by atoms with Gasteiger partial charge in [-0.05, 0) is 24.3 Å². The van der Waals surface area contributed by atoms with Crippen LogP contribution in [-0.4, -0.2) is 30.8 Å². The van der Waals surface area contributed by atoms with Crippen molar-refractivity contribution in [3.8, 4) is 0 Å². The van der Waals surface area contributed by atoms with Crippen molar-refractivity contribution in [2.24, 2.45) is 5.92 Å². The number of hydrogen-bond donors (Lipinski definition) is 2. The minimum atomic E-state index is -1.11. The largest absolute Gasteiger partial charge is 0.347 e. The van der Waals surface area contributed by atoms with Gasteiger partial charge in [0.2, 0.25) is 17.7 Å². The highest BCUT2D eigenvalue weighted by atomic mass is 19.2.